The van der Waals surface area contributed by atoms with Gasteiger partial charge in [-0.15, -0.1) is 8.19 Å². The molecule has 1 atom stereocenters. The first-order valence-electron chi connectivity index (χ1n) is 13.8. The number of hydrogen-bond donors (Lipinski definition) is 0. The van der Waals surface area contributed by atoms with Crippen molar-refractivity contribution in [2.24, 2.45) is 0 Å². The van der Waals surface area contributed by atoms with Crippen molar-refractivity contribution in [2.45, 2.75) is 19.3 Å². The van der Waals surface area contributed by atoms with Gasteiger partial charge in [-0.3, -0.25) is 0 Å². The Kier molecular flexibility index (Phi) is 5.11. The molecule has 0 bridgehead atoms. The monoisotopic (exact) mass is 530 g/mol. The quantitative estimate of drug-likeness (QED) is 0.227. The summed E-state index contributed by atoms with van der Waals surface area (Å²) in [5.74, 6) is 0.768. The summed E-state index contributed by atoms with van der Waals surface area (Å²) < 4.78 is 0. The van der Waals surface area contributed by atoms with Gasteiger partial charge < -0.3 is 0 Å². The maximum atomic E-state index is 5.28. The van der Waals surface area contributed by atoms with Crippen LogP contribution in [-0.2, 0) is 5.41 Å². The first kappa shape index (κ1) is 23.4. The molecule has 5 aromatic carbocycles. The maximum Gasteiger partial charge on any atom is 0.160 e. The van der Waals surface area contributed by atoms with Crippen LogP contribution in [0.5, 0.6) is 0 Å². The van der Waals surface area contributed by atoms with Gasteiger partial charge in [-0.2, -0.15) is 0 Å². The van der Waals surface area contributed by atoms with Crippen LogP contribution in [0.3, 0.4) is 0 Å². The Bertz CT molecular complexity index is 2070. The van der Waals surface area contributed by atoms with Crippen molar-refractivity contribution in [3.05, 3.63) is 132 Å². The second-order valence-electron chi connectivity index (χ2n) is 11.1. The third-order valence-electron chi connectivity index (χ3n) is 8.41. The van der Waals surface area contributed by atoms with Crippen LogP contribution in [-0.4, -0.2) is 9.97 Å². The van der Waals surface area contributed by atoms with Crippen molar-refractivity contribution in [3.8, 4) is 45.0 Å². The van der Waals surface area contributed by atoms with E-state index in [9.17, 15) is 0 Å². The predicted octanol–water partition coefficient (Wildman–Crippen LogP) is 10.1. The number of nitrogens with zero attached hydrogens (tertiary/aromatic N) is 2. The zero-order valence-corrected chi connectivity index (χ0v) is 23.4. The number of benzene rings is 5. The van der Waals surface area contributed by atoms with E-state index in [1.165, 1.54) is 48.8 Å². The Morgan fingerprint density at radius 3 is 2.02 bits per heavy atom. The van der Waals surface area contributed by atoms with Gasteiger partial charge in [-0.25, -0.2) is 9.97 Å². The molecule has 1 aliphatic rings. The van der Waals surface area contributed by atoms with E-state index in [1.807, 2.05) is 6.07 Å². The van der Waals surface area contributed by atoms with Crippen molar-refractivity contribution in [3.63, 3.8) is 0 Å². The van der Waals surface area contributed by atoms with Gasteiger partial charge in [0.15, 0.2) is 5.82 Å². The average molecular weight is 531 g/mol. The molecule has 1 unspecified atom stereocenters. The summed E-state index contributed by atoms with van der Waals surface area (Å²) in [6.45, 7) is 4.63. The third kappa shape index (κ3) is 3.43. The van der Waals surface area contributed by atoms with Crippen LogP contribution in [0.1, 0.15) is 25.0 Å². The molecule has 2 nitrogen and oxygen atoms in total. The summed E-state index contributed by atoms with van der Waals surface area (Å²) >= 11 is 0. The molecule has 3 heteroatoms. The van der Waals surface area contributed by atoms with Crippen molar-refractivity contribution in [1.29, 1.82) is 0 Å². The van der Waals surface area contributed by atoms with Gasteiger partial charge in [0.1, 0.15) is 0 Å². The van der Waals surface area contributed by atoms with E-state index < -0.39 is 0 Å². The molecule has 0 N–H and O–H groups in total. The van der Waals surface area contributed by atoms with Crippen molar-refractivity contribution < 1.29 is 0 Å². The highest BCUT2D eigenvalue weighted by Crippen LogP contribution is 2.53. The molecule has 0 spiro atoms. The molecule has 7 aromatic rings. The summed E-state index contributed by atoms with van der Waals surface area (Å²) in [6.07, 6.45) is 0. The molecule has 0 amide bonds. The molecule has 0 aliphatic heterocycles. The number of aromatic nitrogens is 2. The van der Waals surface area contributed by atoms with E-state index in [-0.39, 0.29) is 5.41 Å². The Hall–Kier alpha value is -4.52. The standard InChI is InChI=1S/C37H27N2P/c1-37(2)30-21-20-25(26-17-11-18-28-27-16-9-10-19-31(27)40-35(26)28)22-29(30)34-32(37)33(23-12-5-3-6-13-23)38-36(39-34)24-14-7-4-8-15-24/h3-22,40H,1-2H3. The van der Waals surface area contributed by atoms with E-state index in [2.05, 4.69) is 129 Å². The summed E-state index contributed by atoms with van der Waals surface area (Å²) in [5, 5.41) is 5.62. The van der Waals surface area contributed by atoms with Crippen LogP contribution in [0.25, 0.3) is 66.0 Å². The largest absolute Gasteiger partial charge is 0.228 e. The van der Waals surface area contributed by atoms with Gasteiger partial charge in [0, 0.05) is 32.8 Å². The predicted molar refractivity (Wildman–Crippen MR) is 170 cm³/mol. The van der Waals surface area contributed by atoms with E-state index in [1.54, 1.807) is 0 Å². The second-order valence-corrected chi connectivity index (χ2v) is 12.4. The molecule has 1 aliphatic carbocycles. The SMILES string of the molecule is CC1(C)c2ccc(-c3cccc4c3[pH]c3ccccc34)cc2-c2nc(-c3ccccc3)nc(-c3ccccc3)c21. The van der Waals surface area contributed by atoms with E-state index in [4.69, 9.17) is 9.97 Å². The van der Waals surface area contributed by atoms with Crippen molar-refractivity contribution in [2.75, 3.05) is 0 Å². The second kappa shape index (κ2) is 8.74. The lowest BCUT2D eigenvalue weighted by atomic mass is 9.80. The Labute approximate surface area is 235 Å². The molecule has 0 saturated heterocycles. The van der Waals surface area contributed by atoms with Crippen molar-refractivity contribution >= 4 is 29.2 Å². The van der Waals surface area contributed by atoms with Crippen LogP contribution in [0.15, 0.2) is 121 Å². The molecule has 2 aromatic heterocycles. The minimum absolute atomic E-state index is 0.222. The Morgan fingerprint density at radius 2 is 1.23 bits per heavy atom. The first-order valence-corrected chi connectivity index (χ1v) is 14.8. The topological polar surface area (TPSA) is 25.8 Å². The van der Waals surface area contributed by atoms with Gasteiger partial charge in [0.05, 0.1) is 11.4 Å². The average Bonchev–Trinajstić information content (AvgIpc) is 3.50. The van der Waals surface area contributed by atoms with Gasteiger partial charge in [0.25, 0.3) is 0 Å². The van der Waals surface area contributed by atoms with Gasteiger partial charge >= 0.3 is 0 Å². The highest BCUT2D eigenvalue weighted by Gasteiger charge is 2.40. The summed E-state index contributed by atoms with van der Waals surface area (Å²) in [7, 11) is 0.670. The van der Waals surface area contributed by atoms with Crippen LogP contribution < -0.4 is 0 Å². The van der Waals surface area contributed by atoms with Crippen LogP contribution >= 0.6 is 8.19 Å². The zero-order valence-electron chi connectivity index (χ0n) is 22.4. The van der Waals surface area contributed by atoms with Crippen molar-refractivity contribution in [1.82, 2.24) is 9.97 Å². The van der Waals surface area contributed by atoms with E-state index >= 15 is 0 Å². The molecule has 0 fully saturated rings. The van der Waals surface area contributed by atoms with Gasteiger partial charge in [-0.1, -0.05) is 129 Å². The van der Waals surface area contributed by atoms with Crippen LogP contribution in [0.4, 0.5) is 0 Å². The summed E-state index contributed by atoms with van der Waals surface area (Å²) in [4.78, 5) is 10.5. The van der Waals surface area contributed by atoms with E-state index in [0.717, 1.165) is 28.3 Å². The zero-order chi connectivity index (χ0) is 26.8. The molecule has 8 rings (SSSR count). The minimum Gasteiger partial charge on any atom is -0.228 e. The maximum absolute atomic E-state index is 5.28. The normalized spacial score (nSPS) is 13.7. The molecule has 0 saturated carbocycles. The number of rotatable bonds is 3. The Morgan fingerprint density at radius 1 is 0.550 bits per heavy atom. The fourth-order valence-electron chi connectivity index (χ4n) is 6.47. The van der Waals surface area contributed by atoms with E-state index in [0.29, 0.717) is 8.19 Å². The highest BCUT2D eigenvalue weighted by molar-refractivity contribution is 7.44. The van der Waals surface area contributed by atoms with Gasteiger partial charge in [-0.05, 0) is 38.6 Å². The first-order chi connectivity index (χ1) is 19.6. The molecule has 40 heavy (non-hydrogen) atoms. The number of hydrogen-bond acceptors (Lipinski definition) is 2. The molecular weight excluding hydrogens is 503 g/mol. The lowest BCUT2D eigenvalue weighted by molar-refractivity contribution is 0.658. The summed E-state index contributed by atoms with van der Waals surface area (Å²) in [5.41, 5.74) is 10.3. The fourth-order valence-corrected chi connectivity index (χ4v) is 7.99. The van der Waals surface area contributed by atoms with Crippen LogP contribution in [0, 0.1) is 0 Å². The lowest BCUT2D eigenvalue weighted by Crippen LogP contribution is -2.17. The van der Waals surface area contributed by atoms with Crippen LogP contribution in [0.2, 0.25) is 0 Å². The molecule has 2 heterocycles. The lowest BCUT2D eigenvalue weighted by Gasteiger charge is -2.24. The third-order valence-corrected chi connectivity index (χ3v) is 9.91. The Balaban J connectivity index is 1.40. The minimum atomic E-state index is -0.222. The molecule has 190 valence electrons. The van der Waals surface area contributed by atoms with Gasteiger partial charge in [0.2, 0.25) is 0 Å². The number of fused-ring (bicyclic) bond motifs is 6. The highest BCUT2D eigenvalue weighted by atomic mass is 31.0. The summed E-state index contributed by atoms with van der Waals surface area (Å²) in [6, 6.07) is 43.5. The molecule has 0 radical (unpaired) electrons. The smallest absolute Gasteiger partial charge is 0.160 e. The molecular formula is C37H27N2P. The fraction of sp³-hybridized carbons (Fsp3) is 0.0811.